The van der Waals surface area contributed by atoms with Gasteiger partial charge in [0.2, 0.25) is 0 Å². The summed E-state index contributed by atoms with van der Waals surface area (Å²) in [4.78, 5) is 12.7. The Balaban J connectivity index is 1.61. The van der Waals surface area contributed by atoms with Crippen molar-refractivity contribution < 1.29 is 4.79 Å². The second-order valence-corrected chi connectivity index (χ2v) is 6.79. The Hall–Kier alpha value is -2.96. The SMILES string of the molecule is O=C(NCc1n[nH]c(=S)n1-c1cccc(Cl)c1)c1cccc2ccccc12. The van der Waals surface area contributed by atoms with Crippen molar-refractivity contribution in [3.05, 3.63) is 87.9 Å². The highest BCUT2D eigenvalue weighted by atomic mass is 35.5. The molecule has 7 heteroatoms. The van der Waals surface area contributed by atoms with Gasteiger partial charge in [-0.2, -0.15) is 5.10 Å². The van der Waals surface area contributed by atoms with Crippen LogP contribution in [-0.2, 0) is 6.54 Å². The Morgan fingerprint density at radius 1 is 1.11 bits per heavy atom. The zero-order chi connectivity index (χ0) is 18.8. The fraction of sp³-hybridized carbons (Fsp3) is 0.0500. The summed E-state index contributed by atoms with van der Waals surface area (Å²) in [6, 6.07) is 20.8. The van der Waals surface area contributed by atoms with Gasteiger partial charge in [-0.15, -0.1) is 0 Å². The van der Waals surface area contributed by atoms with E-state index >= 15 is 0 Å². The predicted molar refractivity (Wildman–Crippen MR) is 109 cm³/mol. The number of rotatable bonds is 4. The Kier molecular flexibility index (Phi) is 4.75. The predicted octanol–water partition coefficient (Wildman–Crippen LogP) is 4.67. The van der Waals surface area contributed by atoms with E-state index in [0.29, 0.717) is 21.2 Å². The normalized spacial score (nSPS) is 10.9. The van der Waals surface area contributed by atoms with E-state index in [1.165, 1.54) is 0 Å². The highest BCUT2D eigenvalue weighted by molar-refractivity contribution is 7.71. The highest BCUT2D eigenvalue weighted by Crippen LogP contribution is 2.19. The third kappa shape index (κ3) is 3.49. The van der Waals surface area contributed by atoms with Crippen molar-refractivity contribution in [2.24, 2.45) is 0 Å². The molecule has 0 saturated carbocycles. The molecule has 0 aliphatic rings. The van der Waals surface area contributed by atoms with Crippen LogP contribution in [0.1, 0.15) is 16.2 Å². The summed E-state index contributed by atoms with van der Waals surface area (Å²) in [6.07, 6.45) is 0. The summed E-state index contributed by atoms with van der Waals surface area (Å²) < 4.78 is 2.19. The average Bonchev–Trinajstić information content (AvgIpc) is 3.06. The number of nitrogens with zero attached hydrogens (tertiary/aromatic N) is 2. The number of carbonyl (C=O) groups is 1. The molecule has 0 bridgehead atoms. The smallest absolute Gasteiger partial charge is 0.252 e. The fourth-order valence-electron chi connectivity index (χ4n) is 3.01. The molecule has 1 amide bonds. The van der Waals surface area contributed by atoms with Crippen LogP contribution in [0.25, 0.3) is 16.5 Å². The summed E-state index contributed by atoms with van der Waals surface area (Å²) in [6.45, 7) is 0.224. The molecule has 134 valence electrons. The molecule has 5 nitrogen and oxygen atoms in total. The highest BCUT2D eigenvalue weighted by Gasteiger charge is 2.13. The zero-order valence-electron chi connectivity index (χ0n) is 14.1. The molecule has 27 heavy (non-hydrogen) atoms. The minimum atomic E-state index is -0.168. The summed E-state index contributed by atoms with van der Waals surface area (Å²) in [7, 11) is 0. The van der Waals surface area contributed by atoms with Crippen molar-refractivity contribution in [1.29, 1.82) is 0 Å². The minimum absolute atomic E-state index is 0.168. The van der Waals surface area contributed by atoms with Gasteiger partial charge in [0.1, 0.15) is 0 Å². The minimum Gasteiger partial charge on any atom is -0.345 e. The molecule has 3 aromatic carbocycles. The van der Waals surface area contributed by atoms with Gasteiger partial charge >= 0.3 is 0 Å². The lowest BCUT2D eigenvalue weighted by atomic mass is 10.0. The van der Waals surface area contributed by atoms with Crippen molar-refractivity contribution in [3.8, 4) is 5.69 Å². The number of carbonyl (C=O) groups excluding carboxylic acids is 1. The van der Waals surface area contributed by atoms with Crippen molar-refractivity contribution in [1.82, 2.24) is 20.1 Å². The van der Waals surface area contributed by atoms with E-state index in [4.69, 9.17) is 23.8 Å². The van der Waals surface area contributed by atoms with Gasteiger partial charge < -0.3 is 5.32 Å². The maximum absolute atomic E-state index is 12.7. The van der Waals surface area contributed by atoms with E-state index in [-0.39, 0.29) is 12.5 Å². The summed E-state index contributed by atoms with van der Waals surface area (Å²) in [5.41, 5.74) is 1.41. The van der Waals surface area contributed by atoms with Gasteiger partial charge in [-0.1, -0.05) is 54.1 Å². The van der Waals surface area contributed by atoms with E-state index in [2.05, 4.69) is 15.5 Å². The molecule has 1 aromatic heterocycles. The largest absolute Gasteiger partial charge is 0.345 e. The maximum Gasteiger partial charge on any atom is 0.252 e. The molecule has 0 unspecified atom stereocenters. The van der Waals surface area contributed by atoms with Crippen molar-refractivity contribution in [3.63, 3.8) is 0 Å². The average molecular weight is 395 g/mol. The van der Waals surface area contributed by atoms with Crippen LogP contribution >= 0.6 is 23.8 Å². The first-order chi connectivity index (χ1) is 13.1. The van der Waals surface area contributed by atoms with E-state index in [1.54, 1.807) is 16.7 Å². The van der Waals surface area contributed by atoms with Crippen LogP contribution in [0, 0.1) is 4.77 Å². The van der Waals surface area contributed by atoms with Crippen LogP contribution < -0.4 is 5.32 Å². The van der Waals surface area contributed by atoms with Gasteiger partial charge in [-0.05, 0) is 47.3 Å². The fourth-order valence-corrected chi connectivity index (χ4v) is 3.45. The molecule has 0 radical (unpaired) electrons. The monoisotopic (exact) mass is 394 g/mol. The second-order valence-electron chi connectivity index (χ2n) is 5.97. The molecule has 0 aliphatic heterocycles. The van der Waals surface area contributed by atoms with Gasteiger partial charge in [0.15, 0.2) is 10.6 Å². The van der Waals surface area contributed by atoms with E-state index in [9.17, 15) is 4.79 Å². The summed E-state index contributed by atoms with van der Waals surface area (Å²) >= 11 is 11.4. The van der Waals surface area contributed by atoms with E-state index < -0.39 is 0 Å². The first-order valence-corrected chi connectivity index (χ1v) is 9.10. The summed E-state index contributed by atoms with van der Waals surface area (Å²) in [5.74, 6) is 0.425. The lowest BCUT2D eigenvalue weighted by Crippen LogP contribution is -2.24. The molecule has 0 atom stereocenters. The molecule has 4 aromatic rings. The molecule has 0 aliphatic carbocycles. The van der Waals surface area contributed by atoms with Crippen LogP contribution in [0.15, 0.2) is 66.7 Å². The number of H-pyrrole nitrogens is 1. The number of nitrogens with one attached hydrogen (secondary N) is 2. The van der Waals surface area contributed by atoms with Crippen molar-refractivity contribution in [2.75, 3.05) is 0 Å². The van der Waals surface area contributed by atoms with Crippen molar-refractivity contribution in [2.45, 2.75) is 6.54 Å². The van der Waals surface area contributed by atoms with E-state index in [1.807, 2.05) is 54.6 Å². The molecule has 0 saturated heterocycles. The van der Waals surface area contributed by atoms with Gasteiger partial charge in [-0.25, -0.2) is 0 Å². The van der Waals surface area contributed by atoms with Gasteiger partial charge in [-0.3, -0.25) is 14.5 Å². The lowest BCUT2D eigenvalue weighted by molar-refractivity contribution is 0.0951. The van der Waals surface area contributed by atoms with Crippen molar-refractivity contribution >= 4 is 40.5 Å². The van der Waals surface area contributed by atoms with Crippen LogP contribution in [0.3, 0.4) is 0 Å². The first kappa shape index (κ1) is 17.5. The molecular weight excluding hydrogens is 380 g/mol. The Morgan fingerprint density at radius 3 is 2.74 bits per heavy atom. The Morgan fingerprint density at radius 2 is 1.89 bits per heavy atom. The number of aromatic nitrogens is 3. The topological polar surface area (TPSA) is 62.7 Å². The third-order valence-electron chi connectivity index (χ3n) is 4.25. The summed E-state index contributed by atoms with van der Waals surface area (Å²) in [5, 5.41) is 12.5. The lowest BCUT2D eigenvalue weighted by Gasteiger charge is -2.10. The number of amides is 1. The molecule has 4 rings (SSSR count). The van der Waals surface area contributed by atoms with Crippen LogP contribution in [0.2, 0.25) is 5.02 Å². The van der Waals surface area contributed by atoms with Crippen LogP contribution in [0.5, 0.6) is 0 Å². The van der Waals surface area contributed by atoms with Gasteiger partial charge in [0, 0.05) is 10.6 Å². The molecule has 0 fully saturated rings. The molecule has 1 heterocycles. The Labute approximate surface area is 165 Å². The number of aromatic amines is 1. The quantitative estimate of drug-likeness (QED) is 0.494. The number of hydrogen-bond donors (Lipinski definition) is 2. The number of fused-ring (bicyclic) bond motifs is 1. The van der Waals surface area contributed by atoms with Crippen LogP contribution in [-0.4, -0.2) is 20.7 Å². The first-order valence-electron chi connectivity index (χ1n) is 8.32. The number of benzene rings is 3. The number of halogens is 1. The Bertz CT molecular complexity index is 1190. The maximum atomic E-state index is 12.7. The van der Waals surface area contributed by atoms with Gasteiger partial charge in [0.25, 0.3) is 5.91 Å². The second kappa shape index (κ2) is 7.34. The third-order valence-corrected chi connectivity index (χ3v) is 4.76. The zero-order valence-corrected chi connectivity index (χ0v) is 15.7. The van der Waals surface area contributed by atoms with Crippen LogP contribution in [0.4, 0.5) is 0 Å². The number of hydrogen-bond acceptors (Lipinski definition) is 3. The standard InChI is InChI=1S/C20H15ClN4OS/c21-14-7-4-8-15(11-14)25-18(23-24-20(25)27)12-22-19(26)17-10-3-6-13-5-1-2-9-16(13)17/h1-11H,12H2,(H,22,26)(H,24,27). The molecular formula is C20H15ClN4OS. The van der Waals surface area contributed by atoms with Gasteiger partial charge in [0.05, 0.1) is 12.2 Å². The molecule has 2 N–H and O–H groups in total. The molecule has 0 spiro atoms. The van der Waals surface area contributed by atoms with E-state index in [0.717, 1.165) is 16.5 Å².